The van der Waals surface area contributed by atoms with Crippen molar-refractivity contribution in [1.82, 2.24) is 4.90 Å². The zero-order valence-corrected chi connectivity index (χ0v) is 20.7. The summed E-state index contributed by atoms with van der Waals surface area (Å²) in [6, 6.07) is 14.7. The van der Waals surface area contributed by atoms with Crippen molar-refractivity contribution in [3.05, 3.63) is 71.5 Å². The Balaban J connectivity index is 1.65. The second kappa shape index (κ2) is 11.2. The molecule has 6 nitrogen and oxygen atoms in total. The number of amides is 1. The van der Waals surface area contributed by atoms with Crippen LogP contribution in [0.25, 0.3) is 0 Å². The van der Waals surface area contributed by atoms with Gasteiger partial charge >= 0.3 is 6.09 Å². The number of benzene rings is 2. The van der Waals surface area contributed by atoms with Crippen molar-refractivity contribution >= 4 is 28.7 Å². The second-order valence-corrected chi connectivity index (χ2v) is 9.84. The van der Waals surface area contributed by atoms with Gasteiger partial charge in [-0.1, -0.05) is 78.3 Å². The van der Waals surface area contributed by atoms with Gasteiger partial charge in [-0.3, -0.25) is 4.90 Å². The number of alkyl halides is 1. The number of carbonyl (C=O) groups is 1. The van der Waals surface area contributed by atoms with Crippen molar-refractivity contribution in [2.45, 2.75) is 42.1 Å². The Morgan fingerprint density at radius 2 is 1.88 bits per heavy atom. The Labute approximate surface area is 208 Å². The number of halogens is 1. The van der Waals surface area contributed by atoms with E-state index in [9.17, 15) is 15.0 Å². The van der Waals surface area contributed by atoms with Crippen LogP contribution in [0.5, 0.6) is 11.5 Å². The van der Waals surface area contributed by atoms with Gasteiger partial charge in [0.15, 0.2) is 0 Å². The van der Waals surface area contributed by atoms with Gasteiger partial charge in [-0.2, -0.15) is 0 Å². The van der Waals surface area contributed by atoms with Crippen molar-refractivity contribution in [3.8, 4) is 11.5 Å². The lowest BCUT2D eigenvalue weighted by Crippen LogP contribution is -2.38. The number of aliphatic hydroxyl groups excluding tert-OH is 1. The van der Waals surface area contributed by atoms with Gasteiger partial charge in [0.05, 0.1) is 35.0 Å². The minimum Gasteiger partial charge on any atom is -0.493 e. The predicted octanol–water partition coefficient (Wildman–Crippen LogP) is 6.11. The zero-order chi connectivity index (χ0) is 23.2. The fraction of sp³-hybridized carbons (Fsp3) is 0.423. The van der Waals surface area contributed by atoms with Gasteiger partial charge in [0.2, 0.25) is 0 Å². The number of fused-ring (bicyclic) bond motifs is 1. The van der Waals surface area contributed by atoms with Crippen LogP contribution in [0.4, 0.5) is 4.79 Å². The molecule has 2 atom stereocenters. The molecule has 33 heavy (non-hydrogen) atoms. The molecule has 0 saturated heterocycles. The molecule has 0 bridgehead atoms. The van der Waals surface area contributed by atoms with Crippen molar-refractivity contribution in [2.75, 3.05) is 19.8 Å². The van der Waals surface area contributed by atoms with Crippen LogP contribution in [-0.4, -0.2) is 41.0 Å². The summed E-state index contributed by atoms with van der Waals surface area (Å²) in [7, 11) is 0. The van der Waals surface area contributed by atoms with E-state index in [1.807, 2.05) is 48.5 Å². The molecule has 1 saturated carbocycles. The molecule has 1 fully saturated rings. The summed E-state index contributed by atoms with van der Waals surface area (Å²) in [5, 5.41) is 19.5. The minimum absolute atomic E-state index is 0.00226. The number of hydrogen-bond acceptors (Lipinski definition) is 4. The molecular weight excluding hydrogens is 533 g/mol. The van der Waals surface area contributed by atoms with Crippen LogP contribution in [0.1, 0.15) is 53.2 Å². The molecule has 2 unspecified atom stereocenters. The van der Waals surface area contributed by atoms with Gasteiger partial charge in [0, 0.05) is 12.1 Å². The van der Waals surface area contributed by atoms with Crippen LogP contribution in [0.15, 0.2) is 60.4 Å². The number of hydrogen-bond donors (Lipinski definition) is 2. The summed E-state index contributed by atoms with van der Waals surface area (Å²) in [6.07, 6.45) is 6.82. The van der Waals surface area contributed by atoms with Crippen LogP contribution in [0.2, 0.25) is 0 Å². The lowest BCUT2D eigenvalue weighted by Gasteiger charge is -2.35. The summed E-state index contributed by atoms with van der Waals surface area (Å²) in [4.78, 5) is 13.4. The maximum Gasteiger partial charge on any atom is 0.408 e. The van der Waals surface area contributed by atoms with Gasteiger partial charge in [0.25, 0.3) is 0 Å². The molecule has 2 aromatic carbocycles. The molecular formula is C26H30INO5. The highest BCUT2D eigenvalue weighted by atomic mass is 127. The van der Waals surface area contributed by atoms with Crippen LogP contribution < -0.4 is 9.47 Å². The van der Waals surface area contributed by atoms with E-state index in [2.05, 4.69) is 22.6 Å². The lowest BCUT2D eigenvalue weighted by atomic mass is 9.90. The quantitative estimate of drug-likeness (QED) is 0.299. The van der Waals surface area contributed by atoms with Crippen molar-refractivity contribution in [2.24, 2.45) is 5.92 Å². The van der Waals surface area contributed by atoms with Gasteiger partial charge in [-0.05, 0) is 36.5 Å². The smallest absolute Gasteiger partial charge is 0.408 e. The molecule has 0 radical (unpaired) electrons. The van der Waals surface area contributed by atoms with Gasteiger partial charge in [-0.15, -0.1) is 0 Å². The Hall–Kier alpha value is -2.26. The number of nitrogens with zero attached hydrogens (tertiary/aromatic N) is 1. The molecule has 1 heterocycles. The number of aliphatic hydroxyl groups is 1. The Kier molecular flexibility index (Phi) is 8.14. The number of carboxylic acid groups (broad SMARTS) is 1. The highest BCUT2D eigenvalue weighted by molar-refractivity contribution is 14.1. The standard InChI is InChI=1S/C26H30INO5/c27-24-20(25(19-10-5-2-6-11-19)28(14-15-29)26(30)31)17-33-22-13-7-12-21(23(22)24)32-16-18-8-3-1-4-9-18/h2,5-7,10-13,17-18,24-25,29H,1,3-4,8-9,14-16H2,(H,30,31). The summed E-state index contributed by atoms with van der Waals surface area (Å²) >= 11 is 2.35. The summed E-state index contributed by atoms with van der Waals surface area (Å²) in [5.74, 6) is 2.10. The molecule has 1 aliphatic heterocycles. The highest BCUT2D eigenvalue weighted by Crippen LogP contribution is 2.50. The fourth-order valence-electron chi connectivity index (χ4n) is 4.76. The van der Waals surface area contributed by atoms with E-state index < -0.39 is 12.1 Å². The number of rotatable bonds is 8. The molecule has 2 aliphatic rings. The SMILES string of the molecule is O=C(O)N(CCO)C(C1=COc2cccc(OCC3CCCCC3)c2C1I)c1ccccc1. The van der Waals surface area contributed by atoms with Crippen LogP contribution in [0, 0.1) is 5.92 Å². The molecule has 1 aliphatic carbocycles. The molecule has 0 aromatic heterocycles. The fourth-order valence-corrected chi connectivity index (χ4v) is 5.86. The Bertz CT molecular complexity index is 974. The van der Waals surface area contributed by atoms with Crippen LogP contribution in [0.3, 0.4) is 0 Å². The van der Waals surface area contributed by atoms with E-state index in [-0.39, 0.29) is 17.1 Å². The third-order valence-corrected chi connectivity index (χ3v) is 7.76. The third-order valence-electron chi connectivity index (χ3n) is 6.42. The van der Waals surface area contributed by atoms with E-state index in [0.717, 1.165) is 28.2 Å². The van der Waals surface area contributed by atoms with Crippen LogP contribution in [-0.2, 0) is 0 Å². The Morgan fingerprint density at radius 1 is 1.12 bits per heavy atom. The minimum atomic E-state index is -1.09. The topological polar surface area (TPSA) is 79.2 Å². The first-order valence-electron chi connectivity index (χ1n) is 11.5. The van der Waals surface area contributed by atoms with Gasteiger partial charge in [0.1, 0.15) is 11.5 Å². The van der Waals surface area contributed by atoms with E-state index >= 15 is 0 Å². The van der Waals surface area contributed by atoms with Crippen molar-refractivity contribution in [1.29, 1.82) is 0 Å². The molecule has 1 amide bonds. The van der Waals surface area contributed by atoms with E-state index in [4.69, 9.17) is 9.47 Å². The summed E-state index contributed by atoms with van der Waals surface area (Å²) in [5.41, 5.74) is 2.56. The first-order chi connectivity index (χ1) is 16.1. The monoisotopic (exact) mass is 563 g/mol. The average Bonchev–Trinajstić information content (AvgIpc) is 2.84. The molecule has 176 valence electrons. The van der Waals surface area contributed by atoms with E-state index in [1.54, 1.807) is 6.26 Å². The Morgan fingerprint density at radius 3 is 2.58 bits per heavy atom. The largest absolute Gasteiger partial charge is 0.493 e. The molecule has 2 aromatic rings. The van der Waals surface area contributed by atoms with Gasteiger partial charge in [-0.25, -0.2) is 4.79 Å². The zero-order valence-electron chi connectivity index (χ0n) is 18.5. The summed E-state index contributed by atoms with van der Waals surface area (Å²) in [6.45, 7) is 0.428. The maximum absolute atomic E-state index is 12.2. The molecule has 7 heteroatoms. The van der Waals surface area contributed by atoms with E-state index in [1.165, 1.54) is 37.0 Å². The average molecular weight is 563 g/mol. The third kappa shape index (κ3) is 5.46. The molecule has 4 rings (SSSR count). The summed E-state index contributed by atoms with van der Waals surface area (Å²) < 4.78 is 12.2. The highest BCUT2D eigenvalue weighted by Gasteiger charge is 2.36. The first-order valence-corrected chi connectivity index (χ1v) is 12.8. The van der Waals surface area contributed by atoms with Crippen LogP contribution >= 0.6 is 22.6 Å². The first kappa shape index (κ1) is 23.9. The number of ether oxygens (including phenoxy) is 2. The lowest BCUT2D eigenvalue weighted by molar-refractivity contribution is 0.116. The maximum atomic E-state index is 12.2. The van der Waals surface area contributed by atoms with Crippen molar-refractivity contribution in [3.63, 3.8) is 0 Å². The van der Waals surface area contributed by atoms with Crippen molar-refractivity contribution < 1.29 is 24.5 Å². The second-order valence-electron chi connectivity index (χ2n) is 8.59. The normalized spacial score (nSPS) is 19.1. The molecule has 2 N–H and O–H groups in total. The molecule has 0 spiro atoms. The van der Waals surface area contributed by atoms with Gasteiger partial charge < -0.3 is 19.7 Å². The van der Waals surface area contributed by atoms with E-state index in [0.29, 0.717) is 12.5 Å². The predicted molar refractivity (Wildman–Crippen MR) is 135 cm³/mol.